The molecular formula is C16H16N8. The van der Waals surface area contributed by atoms with Gasteiger partial charge in [-0.25, -0.2) is 9.67 Å². The molecule has 0 aliphatic heterocycles. The summed E-state index contributed by atoms with van der Waals surface area (Å²) < 4.78 is 3.46. The van der Waals surface area contributed by atoms with Crippen LogP contribution in [0.5, 0.6) is 0 Å². The zero-order valence-electron chi connectivity index (χ0n) is 13.2. The Hall–Kier alpha value is -3.29. The molecule has 0 atom stereocenters. The van der Waals surface area contributed by atoms with E-state index in [4.69, 9.17) is 0 Å². The molecule has 0 bridgehead atoms. The summed E-state index contributed by atoms with van der Waals surface area (Å²) >= 11 is 0. The van der Waals surface area contributed by atoms with Gasteiger partial charge in [-0.15, -0.1) is 10.2 Å². The highest BCUT2D eigenvalue weighted by atomic mass is 15.3. The normalized spacial score (nSPS) is 11.0. The Morgan fingerprint density at radius 1 is 1.17 bits per heavy atom. The molecule has 4 aromatic rings. The van der Waals surface area contributed by atoms with E-state index in [1.54, 1.807) is 21.9 Å². The summed E-state index contributed by atoms with van der Waals surface area (Å²) in [5, 5.41) is 20.2. The molecule has 120 valence electrons. The molecule has 0 spiro atoms. The monoisotopic (exact) mass is 320 g/mol. The quantitative estimate of drug-likeness (QED) is 0.604. The molecule has 1 aromatic carbocycles. The Kier molecular flexibility index (Phi) is 3.62. The Labute approximate surface area is 138 Å². The number of fused-ring (bicyclic) bond motifs is 1. The lowest BCUT2D eigenvalue weighted by Crippen LogP contribution is -2.08. The summed E-state index contributed by atoms with van der Waals surface area (Å²) in [6, 6.07) is 10.1. The van der Waals surface area contributed by atoms with Crippen molar-refractivity contribution < 1.29 is 0 Å². The van der Waals surface area contributed by atoms with Crippen LogP contribution in [-0.4, -0.2) is 34.6 Å². The zero-order chi connectivity index (χ0) is 16.4. The van der Waals surface area contributed by atoms with Crippen molar-refractivity contribution >= 4 is 11.3 Å². The van der Waals surface area contributed by atoms with E-state index in [9.17, 15) is 0 Å². The van der Waals surface area contributed by atoms with Crippen LogP contribution in [0.25, 0.3) is 11.3 Å². The molecule has 0 unspecified atom stereocenters. The lowest BCUT2D eigenvalue weighted by atomic mass is 10.1. The fraction of sp³-hybridized carbons (Fsp3) is 0.188. The maximum Gasteiger partial charge on any atom is 0.200 e. The highest BCUT2D eigenvalue weighted by molar-refractivity contribution is 5.67. The van der Waals surface area contributed by atoms with Gasteiger partial charge in [0, 0.05) is 6.54 Å². The first-order valence-electron chi connectivity index (χ1n) is 7.72. The molecule has 0 radical (unpaired) electrons. The lowest BCUT2D eigenvalue weighted by molar-refractivity contribution is 0.852. The van der Waals surface area contributed by atoms with Gasteiger partial charge in [-0.2, -0.15) is 14.7 Å². The Morgan fingerprint density at radius 2 is 2.08 bits per heavy atom. The number of hydrogen-bond acceptors (Lipinski definition) is 6. The predicted octanol–water partition coefficient (Wildman–Crippen LogP) is 1.88. The summed E-state index contributed by atoms with van der Waals surface area (Å²) in [5.41, 5.74) is 4.70. The van der Waals surface area contributed by atoms with Crippen LogP contribution in [0, 0.1) is 0 Å². The molecule has 24 heavy (non-hydrogen) atoms. The number of rotatable bonds is 5. The van der Waals surface area contributed by atoms with Gasteiger partial charge in [0.2, 0.25) is 5.65 Å². The molecule has 8 heteroatoms. The van der Waals surface area contributed by atoms with Crippen LogP contribution >= 0.6 is 0 Å². The standard InChI is InChI=1S/C16H16N8/c1-2-13-7-14(16-21-19-11-24(16)22-13)18-8-12-5-3-4-6-15(12)23-10-17-9-20-23/h3-7,9-11,18H,2,8H2,1H3. The molecule has 0 amide bonds. The molecule has 4 rings (SSSR count). The van der Waals surface area contributed by atoms with E-state index in [0.29, 0.717) is 12.2 Å². The Morgan fingerprint density at radius 3 is 2.92 bits per heavy atom. The van der Waals surface area contributed by atoms with Gasteiger partial charge in [0.05, 0.1) is 17.1 Å². The van der Waals surface area contributed by atoms with E-state index in [1.807, 2.05) is 24.3 Å². The summed E-state index contributed by atoms with van der Waals surface area (Å²) in [5.74, 6) is 0. The summed E-state index contributed by atoms with van der Waals surface area (Å²) in [7, 11) is 0. The minimum Gasteiger partial charge on any atom is -0.378 e. The highest BCUT2D eigenvalue weighted by Crippen LogP contribution is 2.19. The van der Waals surface area contributed by atoms with Gasteiger partial charge in [0.1, 0.15) is 19.0 Å². The van der Waals surface area contributed by atoms with Crippen LogP contribution in [0.2, 0.25) is 0 Å². The van der Waals surface area contributed by atoms with Crippen molar-refractivity contribution in [2.75, 3.05) is 5.32 Å². The van der Waals surface area contributed by atoms with Crippen molar-refractivity contribution in [2.24, 2.45) is 0 Å². The molecule has 1 N–H and O–H groups in total. The molecule has 0 aliphatic rings. The highest BCUT2D eigenvalue weighted by Gasteiger charge is 2.09. The molecule has 8 nitrogen and oxygen atoms in total. The number of anilines is 1. The van der Waals surface area contributed by atoms with Crippen LogP contribution in [0.4, 0.5) is 5.69 Å². The number of benzene rings is 1. The SMILES string of the molecule is CCc1cc(NCc2ccccc2-n2cncn2)c2nncn2n1. The smallest absolute Gasteiger partial charge is 0.200 e. The topological polar surface area (TPSA) is 85.8 Å². The maximum atomic E-state index is 4.46. The number of hydrogen-bond donors (Lipinski definition) is 1. The number of para-hydroxylation sites is 1. The van der Waals surface area contributed by atoms with Gasteiger partial charge in [-0.1, -0.05) is 25.1 Å². The molecule has 0 aliphatic carbocycles. The van der Waals surface area contributed by atoms with Crippen molar-refractivity contribution in [1.82, 2.24) is 34.6 Å². The summed E-state index contributed by atoms with van der Waals surface area (Å²) in [6.07, 6.45) is 5.68. The third-order valence-electron chi connectivity index (χ3n) is 3.81. The third-order valence-corrected chi connectivity index (χ3v) is 3.81. The molecule has 0 saturated carbocycles. The Bertz CT molecular complexity index is 957. The van der Waals surface area contributed by atoms with E-state index >= 15 is 0 Å². The van der Waals surface area contributed by atoms with Gasteiger partial charge < -0.3 is 5.32 Å². The fourth-order valence-corrected chi connectivity index (χ4v) is 2.59. The van der Waals surface area contributed by atoms with Crippen molar-refractivity contribution in [3.63, 3.8) is 0 Å². The molecule has 3 aromatic heterocycles. The second-order valence-electron chi connectivity index (χ2n) is 5.32. The van der Waals surface area contributed by atoms with Crippen molar-refractivity contribution in [3.05, 3.63) is 60.6 Å². The van der Waals surface area contributed by atoms with E-state index in [2.05, 4.69) is 43.7 Å². The van der Waals surface area contributed by atoms with Crippen LogP contribution in [-0.2, 0) is 13.0 Å². The first-order valence-corrected chi connectivity index (χ1v) is 7.72. The molecular weight excluding hydrogens is 304 g/mol. The zero-order valence-corrected chi connectivity index (χ0v) is 13.2. The number of aryl methyl sites for hydroxylation is 1. The molecule has 3 heterocycles. The number of nitrogens with one attached hydrogen (secondary N) is 1. The van der Waals surface area contributed by atoms with Crippen LogP contribution in [0.3, 0.4) is 0 Å². The minimum atomic E-state index is 0.631. The van der Waals surface area contributed by atoms with Gasteiger partial charge in [0.15, 0.2) is 0 Å². The van der Waals surface area contributed by atoms with Gasteiger partial charge in [-0.05, 0) is 24.1 Å². The van der Waals surface area contributed by atoms with Crippen molar-refractivity contribution in [3.8, 4) is 5.69 Å². The van der Waals surface area contributed by atoms with Crippen molar-refractivity contribution in [1.29, 1.82) is 0 Å². The van der Waals surface area contributed by atoms with Gasteiger partial charge in [-0.3, -0.25) is 0 Å². The summed E-state index contributed by atoms with van der Waals surface area (Å²) in [6.45, 7) is 2.70. The van der Waals surface area contributed by atoms with E-state index < -0.39 is 0 Å². The van der Waals surface area contributed by atoms with Crippen molar-refractivity contribution in [2.45, 2.75) is 19.9 Å². The van der Waals surface area contributed by atoms with E-state index in [1.165, 1.54) is 6.33 Å². The van der Waals surface area contributed by atoms with Crippen LogP contribution in [0.15, 0.2) is 49.3 Å². The average Bonchev–Trinajstić information content (AvgIpc) is 3.31. The van der Waals surface area contributed by atoms with E-state index in [0.717, 1.165) is 29.1 Å². The van der Waals surface area contributed by atoms with Crippen LogP contribution in [0.1, 0.15) is 18.2 Å². The average molecular weight is 320 g/mol. The fourth-order valence-electron chi connectivity index (χ4n) is 2.59. The second kappa shape index (κ2) is 6.07. The first-order chi connectivity index (χ1) is 11.8. The minimum absolute atomic E-state index is 0.631. The first kappa shape index (κ1) is 14.3. The Balaban J connectivity index is 1.66. The van der Waals surface area contributed by atoms with E-state index in [-0.39, 0.29) is 0 Å². The second-order valence-corrected chi connectivity index (χ2v) is 5.32. The number of nitrogens with zero attached hydrogens (tertiary/aromatic N) is 7. The largest absolute Gasteiger partial charge is 0.378 e. The predicted molar refractivity (Wildman–Crippen MR) is 88.8 cm³/mol. The molecule has 0 saturated heterocycles. The number of aromatic nitrogens is 7. The van der Waals surface area contributed by atoms with Gasteiger partial charge >= 0.3 is 0 Å². The van der Waals surface area contributed by atoms with Crippen LogP contribution < -0.4 is 5.32 Å². The summed E-state index contributed by atoms with van der Waals surface area (Å²) in [4.78, 5) is 4.02. The molecule has 0 fully saturated rings. The third kappa shape index (κ3) is 2.58. The maximum absolute atomic E-state index is 4.46. The van der Waals surface area contributed by atoms with Gasteiger partial charge in [0.25, 0.3) is 0 Å². The lowest BCUT2D eigenvalue weighted by Gasteiger charge is -2.12.